The Morgan fingerprint density at radius 1 is 1.32 bits per heavy atom. The zero-order chi connectivity index (χ0) is 17.2. The SMILES string of the molecule is Cc1noc(C)c1C(=O)N1CC(c2nc(C3CC3)n[nH]2)C2(CCC2)C1. The molecule has 2 aromatic rings. The zero-order valence-corrected chi connectivity index (χ0v) is 14.7. The minimum Gasteiger partial charge on any atom is -0.361 e. The van der Waals surface area contributed by atoms with Gasteiger partial charge < -0.3 is 9.42 Å². The first-order valence-electron chi connectivity index (χ1n) is 9.22. The van der Waals surface area contributed by atoms with Gasteiger partial charge in [-0.05, 0) is 44.9 Å². The molecule has 0 aromatic carbocycles. The van der Waals surface area contributed by atoms with Crippen molar-refractivity contribution in [3.05, 3.63) is 28.7 Å². The van der Waals surface area contributed by atoms with Crippen LogP contribution in [0.25, 0.3) is 0 Å². The van der Waals surface area contributed by atoms with Crippen LogP contribution in [0.2, 0.25) is 0 Å². The van der Waals surface area contributed by atoms with E-state index in [0.717, 1.165) is 31.0 Å². The largest absolute Gasteiger partial charge is 0.361 e. The second kappa shape index (κ2) is 5.16. The predicted molar refractivity (Wildman–Crippen MR) is 89.3 cm³/mol. The maximum absolute atomic E-state index is 13.1. The van der Waals surface area contributed by atoms with Crippen molar-refractivity contribution in [1.29, 1.82) is 0 Å². The van der Waals surface area contributed by atoms with E-state index in [-0.39, 0.29) is 17.2 Å². The Bertz CT molecular complexity index is 811. The number of aryl methyl sites for hydroxylation is 2. The van der Waals surface area contributed by atoms with E-state index in [4.69, 9.17) is 9.51 Å². The van der Waals surface area contributed by atoms with Crippen LogP contribution in [0.5, 0.6) is 0 Å². The molecule has 1 spiro atoms. The third-order valence-corrected chi connectivity index (χ3v) is 6.32. The number of nitrogens with zero attached hydrogens (tertiary/aromatic N) is 4. The second-order valence-corrected chi connectivity index (χ2v) is 8.01. The minimum absolute atomic E-state index is 0.0342. The topological polar surface area (TPSA) is 87.9 Å². The average Bonchev–Trinajstić information content (AvgIpc) is 3.02. The molecule has 1 unspecified atom stereocenters. The van der Waals surface area contributed by atoms with E-state index in [0.29, 0.717) is 29.5 Å². The molecule has 132 valence electrons. The first-order chi connectivity index (χ1) is 12.1. The Labute approximate surface area is 146 Å². The van der Waals surface area contributed by atoms with Gasteiger partial charge in [0.2, 0.25) is 0 Å². The van der Waals surface area contributed by atoms with Gasteiger partial charge in [0, 0.05) is 24.9 Å². The third kappa shape index (κ3) is 2.24. The molecule has 7 nitrogen and oxygen atoms in total. The number of amides is 1. The van der Waals surface area contributed by atoms with E-state index in [9.17, 15) is 4.79 Å². The van der Waals surface area contributed by atoms with E-state index >= 15 is 0 Å². The predicted octanol–water partition coefficient (Wildman–Crippen LogP) is 2.70. The highest BCUT2D eigenvalue weighted by Crippen LogP contribution is 2.55. The molecule has 2 aliphatic carbocycles. The van der Waals surface area contributed by atoms with Crippen LogP contribution in [0.3, 0.4) is 0 Å². The van der Waals surface area contributed by atoms with E-state index in [1.54, 1.807) is 6.92 Å². The summed E-state index contributed by atoms with van der Waals surface area (Å²) >= 11 is 0. The summed E-state index contributed by atoms with van der Waals surface area (Å²) in [5.74, 6) is 3.36. The molecule has 5 rings (SSSR count). The molecule has 1 saturated heterocycles. The molecule has 2 saturated carbocycles. The van der Waals surface area contributed by atoms with Crippen LogP contribution in [-0.4, -0.2) is 44.2 Å². The maximum Gasteiger partial charge on any atom is 0.259 e. The summed E-state index contributed by atoms with van der Waals surface area (Å²) in [6, 6.07) is 0. The van der Waals surface area contributed by atoms with Crippen LogP contribution in [-0.2, 0) is 0 Å². The summed E-state index contributed by atoms with van der Waals surface area (Å²) in [6.07, 6.45) is 5.94. The molecule has 25 heavy (non-hydrogen) atoms. The van der Waals surface area contributed by atoms with Gasteiger partial charge in [0.05, 0.1) is 5.69 Å². The van der Waals surface area contributed by atoms with E-state index in [1.165, 1.54) is 19.3 Å². The smallest absolute Gasteiger partial charge is 0.259 e. The quantitative estimate of drug-likeness (QED) is 0.927. The van der Waals surface area contributed by atoms with Crippen molar-refractivity contribution in [2.24, 2.45) is 5.41 Å². The first kappa shape index (κ1) is 15.1. The number of aromatic nitrogens is 4. The Kier molecular flexibility index (Phi) is 3.12. The van der Waals surface area contributed by atoms with Gasteiger partial charge in [-0.15, -0.1) is 0 Å². The Hall–Kier alpha value is -2.18. The van der Waals surface area contributed by atoms with Gasteiger partial charge in [0.25, 0.3) is 5.91 Å². The second-order valence-electron chi connectivity index (χ2n) is 8.01. The molecule has 3 fully saturated rings. The van der Waals surface area contributed by atoms with Gasteiger partial charge in [-0.3, -0.25) is 9.89 Å². The summed E-state index contributed by atoms with van der Waals surface area (Å²) < 4.78 is 5.19. The molecule has 3 heterocycles. The number of carbonyl (C=O) groups is 1. The monoisotopic (exact) mass is 341 g/mol. The van der Waals surface area contributed by atoms with E-state index < -0.39 is 0 Å². The highest BCUT2D eigenvalue weighted by Gasteiger charge is 2.53. The standard InChI is InChI=1S/C18H23N5O2/c1-10-14(11(2)25-22-10)17(24)23-8-13(18(9-23)6-3-7-18)16-19-15(20-21-16)12-4-5-12/h12-13H,3-9H2,1-2H3,(H,19,20,21). The van der Waals surface area contributed by atoms with Crippen molar-refractivity contribution in [3.8, 4) is 0 Å². The lowest BCUT2D eigenvalue weighted by molar-refractivity contribution is 0.0721. The summed E-state index contributed by atoms with van der Waals surface area (Å²) in [4.78, 5) is 19.8. The lowest BCUT2D eigenvalue weighted by atomic mass is 9.62. The Balaban J connectivity index is 1.43. The number of nitrogens with one attached hydrogen (secondary N) is 1. The van der Waals surface area contributed by atoms with Gasteiger partial charge in [-0.2, -0.15) is 5.10 Å². The van der Waals surface area contributed by atoms with Crippen molar-refractivity contribution < 1.29 is 9.32 Å². The number of H-pyrrole nitrogens is 1. The number of hydrogen-bond acceptors (Lipinski definition) is 5. The molecule has 1 aliphatic heterocycles. The molecule has 2 aromatic heterocycles. The normalized spacial score (nSPS) is 24.7. The van der Waals surface area contributed by atoms with Gasteiger partial charge in [-0.25, -0.2) is 4.98 Å². The molecule has 1 N–H and O–H groups in total. The van der Waals surface area contributed by atoms with Crippen LogP contribution in [0.4, 0.5) is 0 Å². The Morgan fingerprint density at radius 3 is 2.72 bits per heavy atom. The summed E-state index contributed by atoms with van der Waals surface area (Å²) in [6.45, 7) is 5.12. The average molecular weight is 341 g/mol. The van der Waals surface area contributed by atoms with Crippen molar-refractivity contribution in [3.63, 3.8) is 0 Å². The lowest BCUT2D eigenvalue weighted by Crippen LogP contribution is -2.38. The fourth-order valence-corrected chi connectivity index (χ4v) is 4.55. The van der Waals surface area contributed by atoms with Crippen LogP contribution < -0.4 is 0 Å². The highest BCUT2D eigenvalue weighted by molar-refractivity contribution is 5.96. The van der Waals surface area contributed by atoms with Gasteiger partial charge >= 0.3 is 0 Å². The highest BCUT2D eigenvalue weighted by atomic mass is 16.5. The van der Waals surface area contributed by atoms with Crippen molar-refractivity contribution >= 4 is 5.91 Å². The number of rotatable bonds is 3. The zero-order valence-electron chi connectivity index (χ0n) is 14.7. The fraction of sp³-hybridized carbons (Fsp3) is 0.667. The van der Waals surface area contributed by atoms with Crippen LogP contribution >= 0.6 is 0 Å². The molecule has 1 amide bonds. The van der Waals surface area contributed by atoms with Crippen molar-refractivity contribution in [2.45, 2.75) is 57.8 Å². The molecule has 7 heteroatoms. The molecule has 3 aliphatic rings. The molecular weight excluding hydrogens is 318 g/mol. The lowest BCUT2D eigenvalue weighted by Gasteiger charge is -2.41. The van der Waals surface area contributed by atoms with E-state index in [2.05, 4.69) is 15.4 Å². The minimum atomic E-state index is 0.0342. The van der Waals surface area contributed by atoms with Gasteiger partial charge in [0.15, 0.2) is 5.82 Å². The first-order valence-corrected chi connectivity index (χ1v) is 9.22. The molecule has 0 radical (unpaired) electrons. The summed E-state index contributed by atoms with van der Waals surface area (Å²) in [5.41, 5.74) is 1.45. The number of hydrogen-bond donors (Lipinski definition) is 1. The van der Waals surface area contributed by atoms with Crippen LogP contribution in [0, 0.1) is 19.3 Å². The Morgan fingerprint density at radius 2 is 2.12 bits per heavy atom. The van der Waals surface area contributed by atoms with Gasteiger partial charge in [0.1, 0.15) is 17.1 Å². The van der Waals surface area contributed by atoms with Crippen LogP contribution in [0.15, 0.2) is 4.52 Å². The number of carbonyl (C=O) groups excluding carboxylic acids is 1. The third-order valence-electron chi connectivity index (χ3n) is 6.32. The van der Waals surface area contributed by atoms with Gasteiger partial charge in [-0.1, -0.05) is 11.6 Å². The summed E-state index contributed by atoms with van der Waals surface area (Å²) in [5, 5.41) is 11.5. The maximum atomic E-state index is 13.1. The number of aromatic amines is 1. The number of likely N-dealkylation sites (tertiary alicyclic amines) is 1. The molecule has 1 atom stereocenters. The van der Waals surface area contributed by atoms with E-state index in [1.807, 2.05) is 11.8 Å². The van der Waals surface area contributed by atoms with Crippen LogP contribution in [0.1, 0.15) is 77.4 Å². The van der Waals surface area contributed by atoms with Crippen molar-refractivity contribution in [1.82, 2.24) is 25.2 Å². The van der Waals surface area contributed by atoms with Crippen molar-refractivity contribution in [2.75, 3.05) is 13.1 Å². The molecule has 0 bridgehead atoms. The fourth-order valence-electron chi connectivity index (χ4n) is 4.55. The molecular formula is C18H23N5O2. The summed E-state index contributed by atoms with van der Waals surface area (Å²) in [7, 11) is 0.